The molecule has 0 bridgehead atoms. The minimum absolute atomic E-state index is 0.363. The highest BCUT2D eigenvalue weighted by molar-refractivity contribution is 5.79. The quantitative estimate of drug-likeness (QED) is 0.626. The molecule has 124 valence electrons. The summed E-state index contributed by atoms with van der Waals surface area (Å²) in [6, 6.07) is 4.24. The van der Waals surface area contributed by atoms with E-state index in [1.54, 1.807) is 14.2 Å². The number of hydrogen-bond donors (Lipinski definition) is 2. The zero-order valence-electron chi connectivity index (χ0n) is 14.7. The molecule has 1 heterocycles. The molecule has 0 fully saturated rings. The fourth-order valence-corrected chi connectivity index (χ4v) is 1.97. The molecule has 1 aromatic rings. The predicted octanol–water partition coefficient (Wildman–Crippen LogP) is 2.97. The first-order chi connectivity index (χ1) is 10.3. The van der Waals surface area contributed by atoms with Gasteiger partial charge >= 0.3 is 0 Å². The second-order valence-corrected chi connectivity index (χ2v) is 6.78. The highest BCUT2D eigenvalue weighted by Gasteiger charge is 2.13. The number of ether oxygens (including phenoxy) is 1. The summed E-state index contributed by atoms with van der Waals surface area (Å²) in [6.07, 6.45) is 4.11. The van der Waals surface area contributed by atoms with Crippen LogP contribution in [0, 0.1) is 5.41 Å². The molecule has 5 heteroatoms. The topological polar surface area (TPSA) is 58.5 Å². The van der Waals surface area contributed by atoms with Crippen molar-refractivity contribution in [2.45, 2.75) is 53.1 Å². The number of nitrogens with zero attached hydrogens (tertiary/aromatic N) is 2. The van der Waals surface area contributed by atoms with Gasteiger partial charge in [-0.15, -0.1) is 0 Å². The number of methoxy groups -OCH3 is 1. The molecule has 5 nitrogen and oxygen atoms in total. The monoisotopic (exact) mass is 306 g/mol. The van der Waals surface area contributed by atoms with Crippen molar-refractivity contribution < 1.29 is 4.74 Å². The first-order valence-electron chi connectivity index (χ1n) is 7.80. The van der Waals surface area contributed by atoms with E-state index >= 15 is 0 Å². The number of nitrogens with one attached hydrogen (secondary N) is 2. The summed E-state index contributed by atoms with van der Waals surface area (Å²) in [4.78, 5) is 8.47. The third-order valence-electron chi connectivity index (χ3n) is 3.40. The molecule has 2 N–H and O–H groups in total. The highest BCUT2D eigenvalue weighted by atomic mass is 16.5. The summed E-state index contributed by atoms with van der Waals surface area (Å²) in [5.74, 6) is 1.44. The molecule has 1 rings (SSSR count). The fraction of sp³-hybridized carbons (Fsp3) is 0.647. The Morgan fingerprint density at radius 3 is 2.59 bits per heavy atom. The number of rotatable bonds is 6. The maximum absolute atomic E-state index is 5.06. The van der Waals surface area contributed by atoms with Crippen LogP contribution in [-0.2, 0) is 6.54 Å². The van der Waals surface area contributed by atoms with Gasteiger partial charge in [0.15, 0.2) is 5.96 Å². The number of aliphatic imine (C=N–C) groups is 1. The van der Waals surface area contributed by atoms with E-state index in [9.17, 15) is 0 Å². The molecule has 1 atom stereocenters. The zero-order chi connectivity index (χ0) is 16.6. The Bertz CT molecular complexity index is 463. The van der Waals surface area contributed by atoms with Gasteiger partial charge in [0.1, 0.15) is 0 Å². The standard InChI is InChI=1S/C17H30N4O/c1-13(9-10-17(2,3)4)21-16(18-5)20-12-14-7-8-15(22-6)19-11-14/h7-8,11,13H,9-10,12H2,1-6H3,(H2,18,20,21). The second kappa shape index (κ2) is 8.61. The normalized spacial score (nSPS) is 13.6. The fourth-order valence-electron chi connectivity index (χ4n) is 1.97. The molecule has 0 saturated heterocycles. The van der Waals surface area contributed by atoms with Crippen LogP contribution in [0.15, 0.2) is 23.3 Å². The van der Waals surface area contributed by atoms with E-state index in [4.69, 9.17) is 4.74 Å². The van der Waals surface area contributed by atoms with E-state index in [0.29, 0.717) is 23.9 Å². The minimum atomic E-state index is 0.363. The van der Waals surface area contributed by atoms with Crippen molar-refractivity contribution in [3.63, 3.8) is 0 Å². The van der Waals surface area contributed by atoms with Gasteiger partial charge in [-0.2, -0.15) is 0 Å². The molecule has 0 aliphatic rings. The first-order valence-corrected chi connectivity index (χ1v) is 7.80. The van der Waals surface area contributed by atoms with Crippen LogP contribution in [0.25, 0.3) is 0 Å². The minimum Gasteiger partial charge on any atom is -0.481 e. The third kappa shape index (κ3) is 7.29. The third-order valence-corrected chi connectivity index (χ3v) is 3.40. The Morgan fingerprint density at radius 2 is 2.09 bits per heavy atom. The Kier molecular flexibility index (Phi) is 7.15. The zero-order valence-corrected chi connectivity index (χ0v) is 14.7. The highest BCUT2D eigenvalue weighted by Crippen LogP contribution is 2.21. The number of guanidine groups is 1. The molecule has 0 aliphatic carbocycles. The van der Waals surface area contributed by atoms with Crippen LogP contribution in [0.3, 0.4) is 0 Å². The largest absolute Gasteiger partial charge is 0.481 e. The maximum Gasteiger partial charge on any atom is 0.212 e. The molecule has 22 heavy (non-hydrogen) atoms. The van der Waals surface area contributed by atoms with Crippen molar-refractivity contribution in [2.75, 3.05) is 14.2 Å². The van der Waals surface area contributed by atoms with Gasteiger partial charge < -0.3 is 15.4 Å². The van der Waals surface area contributed by atoms with Crippen molar-refractivity contribution in [1.29, 1.82) is 0 Å². The lowest BCUT2D eigenvalue weighted by atomic mass is 9.89. The Hall–Kier alpha value is -1.78. The Labute approximate surface area is 134 Å². The summed E-state index contributed by atoms with van der Waals surface area (Å²) >= 11 is 0. The van der Waals surface area contributed by atoms with Crippen LogP contribution in [0.4, 0.5) is 0 Å². The molecule has 1 aromatic heterocycles. The van der Waals surface area contributed by atoms with Gasteiger partial charge in [0.2, 0.25) is 5.88 Å². The number of aromatic nitrogens is 1. The van der Waals surface area contributed by atoms with Gasteiger partial charge in [-0.1, -0.05) is 26.8 Å². The summed E-state index contributed by atoms with van der Waals surface area (Å²) < 4.78 is 5.06. The smallest absolute Gasteiger partial charge is 0.212 e. The van der Waals surface area contributed by atoms with Gasteiger partial charge in [0, 0.05) is 31.9 Å². The van der Waals surface area contributed by atoms with E-state index in [-0.39, 0.29) is 0 Å². The molecule has 0 saturated carbocycles. The van der Waals surface area contributed by atoms with Crippen molar-refractivity contribution >= 4 is 5.96 Å². The average molecular weight is 306 g/mol. The van der Waals surface area contributed by atoms with Crippen molar-refractivity contribution in [1.82, 2.24) is 15.6 Å². The predicted molar refractivity (Wildman–Crippen MR) is 92.3 cm³/mol. The van der Waals surface area contributed by atoms with Crippen LogP contribution < -0.4 is 15.4 Å². The van der Waals surface area contributed by atoms with Gasteiger partial charge in [0.25, 0.3) is 0 Å². The number of hydrogen-bond acceptors (Lipinski definition) is 3. The molecular weight excluding hydrogens is 276 g/mol. The van der Waals surface area contributed by atoms with E-state index in [2.05, 4.69) is 48.3 Å². The van der Waals surface area contributed by atoms with Crippen LogP contribution in [0.5, 0.6) is 5.88 Å². The van der Waals surface area contributed by atoms with Gasteiger partial charge in [-0.25, -0.2) is 4.98 Å². The Morgan fingerprint density at radius 1 is 1.36 bits per heavy atom. The summed E-state index contributed by atoms with van der Waals surface area (Å²) in [6.45, 7) is 9.67. The molecule has 0 aliphatic heterocycles. The van der Waals surface area contributed by atoms with Crippen LogP contribution in [0.1, 0.15) is 46.1 Å². The van der Waals surface area contributed by atoms with E-state index < -0.39 is 0 Å². The first kappa shape index (κ1) is 18.3. The van der Waals surface area contributed by atoms with Gasteiger partial charge in [-0.3, -0.25) is 4.99 Å². The molecule has 0 aromatic carbocycles. The molecule has 1 unspecified atom stereocenters. The maximum atomic E-state index is 5.06. The van der Waals surface area contributed by atoms with Crippen LogP contribution >= 0.6 is 0 Å². The molecular formula is C17H30N4O. The number of pyridine rings is 1. The SMILES string of the molecule is CN=C(NCc1ccc(OC)nc1)NC(C)CCC(C)(C)C. The van der Waals surface area contributed by atoms with E-state index in [1.165, 1.54) is 6.42 Å². The molecule has 0 amide bonds. The van der Waals surface area contributed by atoms with Gasteiger partial charge in [0.05, 0.1) is 7.11 Å². The van der Waals surface area contributed by atoms with Crippen molar-refractivity contribution in [3.8, 4) is 5.88 Å². The Balaban J connectivity index is 2.41. The van der Waals surface area contributed by atoms with Crippen molar-refractivity contribution in [2.24, 2.45) is 10.4 Å². The van der Waals surface area contributed by atoms with E-state index in [0.717, 1.165) is 17.9 Å². The lowest BCUT2D eigenvalue weighted by Gasteiger charge is -2.23. The van der Waals surface area contributed by atoms with Crippen LogP contribution in [0.2, 0.25) is 0 Å². The molecule has 0 radical (unpaired) electrons. The van der Waals surface area contributed by atoms with Crippen molar-refractivity contribution in [3.05, 3.63) is 23.9 Å². The van der Waals surface area contributed by atoms with Gasteiger partial charge in [-0.05, 0) is 30.7 Å². The lowest BCUT2D eigenvalue weighted by molar-refractivity contribution is 0.346. The van der Waals surface area contributed by atoms with E-state index in [1.807, 2.05) is 18.3 Å². The summed E-state index contributed by atoms with van der Waals surface area (Å²) in [5, 5.41) is 6.74. The average Bonchev–Trinajstić information content (AvgIpc) is 2.49. The lowest BCUT2D eigenvalue weighted by Crippen LogP contribution is -2.42. The second-order valence-electron chi connectivity index (χ2n) is 6.78. The van der Waals surface area contributed by atoms with Crippen LogP contribution in [-0.4, -0.2) is 31.1 Å². The molecule has 0 spiro atoms. The summed E-state index contributed by atoms with van der Waals surface area (Å²) in [5.41, 5.74) is 1.45. The summed E-state index contributed by atoms with van der Waals surface area (Å²) in [7, 11) is 3.41.